The van der Waals surface area contributed by atoms with Crippen molar-refractivity contribution in [1.82, 2.24) is 14.5 Å². The molecule has 2 aromatic carbocycles. The lowest BCUT2D eigenvalue weighted by Crippen LogP contribution is -2.47. The maximum absolute atomic E-state index is 13.1. The Balaban J connectivity index is 1.61. The van der Waals surface area contributed by atoms with Crippen LogP contribution in [0.1, 0.15) is 37.4 Å². The number of rotatable bonds is 6. The van der Waals surface area contributed by atoms with E-state index in [2.05, 4.69) is 5.32 Å². The molecule has 8 heteroatoms. The number of halogens is 1. The van der Waals surface area contributed by atoms with Crippen molar-refractivity contribution in [1.29, 1.82) is 0 Å². The highest BCUT2D eigenvalue weighted by atomic mass is 32.2. The summed E-state index contributed by atoms with van der Waals surface area (Å²) in [6.45, 7) is 7.48. The van der Waals surface area contributed by atoms with E-state index < -0.39 is 16.1 Å². The predicted molar refractivity (Wildman–Crippen MR) is 119 cm³/mol. The molecule has 0 aromatic heterocycles. The third-order valence-corrected chi connectivity index (χ3v) is 7.72. The van der Waals surface area contributed by atoms with Crippen molar-refractivity contribution in [2.75, 3.05) is 26.2 Å². The second-order valence-corrected chi connectivity index (χ2v) is 10.0. The smallest absolute Gasteiger partial charge is 0.243 e. The van der Waals surface area contributed by atoms with E-state index in [-0.39, 0.29) is 17.8 Å². The summed E-state index contributed by atoms with van der Waals surface area (Å²) in [5.74, 6) is -0.447. The molecule has 6 nitrogen and oxygen atoms in total. The summed E-state index contributed by atoms with van der Waals surface area (Å²) in [5.41, 5.74) is 1.84. The SMILES string of the molecule is Cc1ccc(S(=O)(=O)N2CCCN([C@H](C)C(=O)N[C@H](C)c3ccc(F)cc3)CC2)cc1. The van der Waals surface area contributed by atoms with Gasteiger partial charge >= 0.3 is 0 Å². The largest absolute Gasteiger partial charge is 0.348 e. The van der Waals surface area contributed by atoms with Gasteiger partial charge < -0.3 is 5.32 Å². The van der Waals surface area contributed by atoms with Crippen molar-refractivity contribution < 1.29 is 17.6 Å². The normalized spacial score (nSPS) is 18.2. The molecule has 0 spiro atoms. The Hall–Kier alpha value is -2.29. The first-order chi connectivity index (χ1) is 14.7. The number of hydrogen-bond donors (Lipinski definition) is 1. The van der Waals surface area contributed by atoms with E-state index in [1.807, 2.05) is 25.7 Å². The summed E-state index contributed by atoms with van der Waals surface area (Å²) in [6, 6.07) is 12.3. The molecule has 1 saturated heterocycles. The van der Waals surface area contributed by atoms with Crippen LogP contribution in [0.3, 0.4) is 0 Å². The number of hydrogen-bond acceptors (Lipinski definition) is 4. The molecule has 1 heterocycles. The van der Waals surface area contributed by atoms with Gasteiger partial charge in [0.05, 0.1) is 17.0 Å². The summed E-state index contributed by atoms with van der Waals surface area (Å²) in [7, 11) is -3.55. The van der Waals surface area contributed by atoms with Gasteiger partial charge in [0.25, 0.3) is 0 Å². The van der Waals surface area contributed by atoms with E-state index >= 15 is 0 Å². The fourth-order valence-electron chi connectivity index (χ4n) is 3.74. The maximum atomic E-state index is 13.1. The number of nitrogens with zero attached hydrogens (tertiary/aromatic N) is 2. The molecule has 0 saturated carbocycles. The number of benzene rings is 2. The van der Waals surface area contributed by atoms with E-state index in [0.717, 1.165) is 11.1 Å². The van der Waals surface area contributed by atoms with Gasteiger partial charge in [-0.1, -0.05) is 29.8 Å². The molecular formula is C23H30FN3O3S. The molecule has 0 unspecified atom stereocenters. The zero-order valence-corrected chi connectivity index (χ0v) is 19.0. The molecule has 0 aliphatic carbocycles. The van der Waals surface area contributed by atoms with Crippen molar-refractivity contribution in [3.8, 4) is 0 Å². The summed E-state index contributed by atoms with van der Waals surface area (Å²) in [4.78, 5) is 15.1. The molecule has 0 bridgehead atoms. The van der Waals surface area contributed by atoms with Crippen molar-refractivity contribution in [3.05, 3.63) is 65.5 Å². The second-order valence-electron chi connectivity index (χ2n) is 8.06. The average molecular weight is 448 g/mol. The van der Waals surface area contributed by atoms with Crippen molar-refractivity contribution >= 4 is 15.9 Å². The molecule has 31 heavy (non-hydrogen) atoms. The lowest BCUT2D eigenvalue weighted by atomic mass is 10.1. The van der Waals surface area contributed by atoms with Crippen LogP contribution >= 0.6 is 0 Å². The number of nitrogens with one attached hydrogen (secondary N) is 1. The minimum atomic E-state index is -3.55. The Kier molecular flexibility index (Phi) is 7.46. The van der Waals surface area contributed by atoms with E-state index in [1.165, 1.54) is 16.4 Å². The first-order valence-electron chi connectivity index (χ1n) is 10.5. The molecule has 1 aliphatic heterocycles. The van der Waals surface area contributed by atoms with Crippen LogP contribution in [0, 0.1) is 12.7 Å². The molecule has 1 fully saturated rings. The van der Waals surface area contributed by atoms with Gasteiger partial charge in [0, 0.05) is 26.2 Å². The first kappa shape index (κ1) is 23.4. The number of amides is 1. The summed E-state index contributed by atoms with van der Waals surface area (Å²) < 4.78 is 40.6. The summed E-state index contributed by atoms with van der Waals surface area (Å²) in [6.07, 6.45) is 0.649. The molecule has 2 atom stereocenters. The van der Waals surface area contributed by atoms with Crippen LogP contribution in [-0.4, -0.2) is 55.8 Å². The van der Waals surface area contributed by atoms with Crippen LogP contribution in [0.4, 0.5) is 4.39 Å². The molecular weight excluding hydrogens is 417 g/mol. The highest BCUT2D eigenvalue weighted by molar-refractivity contribution is 7.89. The topological polar surface area (TPSA) is 69.7 Å². The van der Waals surface area contributed by atoms with Gasteiger partial charge in [-0.15, -0.1) is 0 Å². The highest BCUT2D eigenvalue weighted by Crippen LogP contribution is 2.19. The van der Waals surface area contributed by atoms with Gasteiger partial charge in [-0.25, -0.2) is 12.8 Å². The van der Waals surface area contributed by atoms with Crippen LogP contribution in [0.5, 0.6) is 0 Å². The zero-order valence-electron chi connectivity index (χ0n) is 18.2. The Bertz CT molecular complexity index is 994. The lowest BCUT2D eigenvalue weighted by Gasteiger charge is -2.28. The third kappa shape index (κ3) is 5.70. The fourth-order valence-corrected chi connectivity index (χ4v) is 5.20. The summed E-state index contributed by atoms with van der Waals surface area (Å²) in [5, 5.41) is 2.97. The molecule has 1 aliphatic rings. The Morgan fingerprint density at radius 2 is 1.61 bits per heavy atom. The fraction of sp³-hybridized carbons (Fsp3) is 0.435. The minimum Gasteiger partial charge on any atom is -0.348 e. The molecule has 1 amide bonds. The second kappa shape index (κ2) is 9.89. The number of carbonyl (C=O) groups is 1. The molecule has 0 radical (unpaired) electrons. The van der Waals surface area contributed by atoms with E-state index in [4.69, 9.17) is 0 Å². The van der Waals surface area contributed by atoms with Gasteiger partial charge in [0.15, 0.2) is 0 Å². The van der Waals surface area contributed by atoms with Crippen molar-refractivity contribution in [2.45, 2.75) is 44.2 Å². The molecule has 168 valence electrons. The quantitative estimate of drug-likeness (QED) is 0.739. The molecule has 3 rings (SSSR count). The Morgan fingerprint density at radius 3 is 2.26 bits per heavy atom. The summed E-state index contributed by atoms with van der Waals surface area (Å²) >= 11 is 0. The van der Waals surface area contributed by atoms with Crippen molar-refractivity contribution in [3.63, 3.8) is 0 Å². The van der Waals surface area contributed by atoms with Gasteiger partial charge in [-0.2, -0.15) is 4.31 Å². The molecule has 2 aromatic rings. The number of carbonyl (C=O) groups excluding carboxylic acids is 1. The third-order valence-electron chi connectivity index (χ3n) is 5.80. The number of aryl methyl sites for hydroxylation is 1. The van der Waals surface area contributed by atoms with Gasteiger partial charge in [-0.05, 0) is 57.0 Å². The lowest BCUT2D eigenvalue weighted by molar-refractivity contribution is -0.126. The standard InChI is InChI=1S/C23H30FN3O3S/c1-17-5-11-22(12-6-17)31(29,30)27-14-4-13-26(15-16-27)19(3)23(28)25-18(2)20-7-9-21(24)10-8-20/h5-12,18-19H,4,13-16H2,1-3H3,(H,25,28)/t18-,19-/m1/s1. The number of sulfonamides is 1. The van der Waals surface area contributed by atoms with Crippen LogP contribution in [0.15, 0.2) is 53.4 Å². The van der Waals surface area contributed by atoms with E-state index in [0.29, 0.717) is 37.5 Å². The predicted octanol–water partition coefficient (Wildman–Crippen LogP) is 3.10. The van der Waals surface area contributed by atoms with Gasteiger partial charge in [0.2, 0.25) is 15.9 Å². The molecule has 1 N–H and O–H groups in total. The zero-order chi connectivity index (χ0) is 22.6. The van der Waals surface area contributed by atoms with E-state index in [1.54, 1.807) is 36.4 Å². The minimum absolute atomic E-state index is 0.133. The van der Waals surface area contributed by atoms with Gasteiger partial charge in [-0.3, -0.25) is 9.69 Å². The van der Waals surface area contributed by atoms with Crippen LogP contribution in [0.25, 0.3) is 0 Å². The average Bonchev–Trinajstić information content (AvgIpc) is 3.00. The monoisotopic (exact) mass is 447 g/mol. The van der Waals surface area contributed by atoms with Crippen LogP contribution in [-0.2, 0) is 14.8 Å². The van der Waals surface area contributed by atoms with Crippen LogP contribution < -0.4 is 5.32 Å². The Morgan fingerprint density at radius 1 is 0.968 bits per heavy atom. The first-order valence-corrected chi connectivity index (χ1v) is 12.0. The highest BCUT2D eigenvalue weighted by Gasteiger charge is 2.30. The van der Waals surface area contributed by atoms with Crippen LogP contribution in [0.2, 0.25) is 0 Å². The Labute approximate surface area is 184 Å². The van der Waals surface area contributed by atoms with Crippen molar-refractivity contribution in [2.24, 2.45) is 0 Å². The van der Waals surface area contributed by atoms with Gasteiger partial charge in [0.1, 0.15) is 5.82 Å². The maximum Gasteiger partial charge on any atom is 0.243 e. The van der Waals surface area contributed by atoms with E-state index in [9.17, 15) is 17.6 Å².